The number of rotatable bonds is 2. The van der Waals surface area contributed by atoms with Crippen molar-refractivity contribution in [3.05, 3.63) is 81.2 Å². The minimum Gasteiger partial charge on any atom is -0.506 e. The molecule has 0 amide bonds. The van der Waals surface area contributed by atoms with E-state index in [1.165, 1.54) is 24.3 Å². The zero-order valence-corrected chi connectivity index (χ0v) is 13.2. The van der Waals surface area contributed by atoms with E-state index in [4.69, 9.17) is 0 Å². The Morgan fingerprint density at radius 1 is 0.958 bits per heavy atom. The number of allylic oxidation sites excluding steroid dienone is 7. The van der Waals surface area contributed by atoms with Gasteiger partial charge >= 0.3 is 0 Å². The summed E-state index contributed by atoms with van der Waals surface area (Å²) in [5.74, 6) is -0.342. The predicted octanol–water partition coefficient (Wildman–Crippen LogP) is 2.58. The van der Waals surface area contributed by atoms with Gasteiger partial charge in [0, 0.05) is 24.3 Å². The maximum absolute atomic E-state index is 12.4. The van der Waals surface area contributed by atoms with Gasteiger partial charge in [0.1, 0.15) is 19.9 Å². The molecule has 24 heavy (non-hydrogen) atoms. The number of non-ortho nitro benzene ring substituents is 1. The van der Waals surface area contributed by atoms with E-state index in [0.29, 0.717) is 11.1 Å². The molecule has 1 N–H and O–H groups in total. The average Bonchev–Trinajstić information content (AvgIpc) is 2.56. The lowest BCUT2D eigenvalue weighted by Gasteiger charge is -2.23. The Balaban J connectivity index is 1.97. The summed E-state index contributed by atoms with van der Waals surface area (Å²) in [4.78, 5) is 22.6. The summed E-state index contributed by atoms with van der Waals surface area (Å²) in [7, 11) is 3.83. The topological polar surface area (TPSA) is 83.5 Å². The molecule has 0 atom stereocenters. The second kappa shape index (κ2) is 5.73. The number of ketones is 1. The van der Waals surface area contributed by atoms with E-state index in [1.807, 2.05) is 30.8 Å². The van der Waals surface area contributed by atoms with Crippen molar-refractivity contribution in [2.24, 2.45) is 0 Å². The van der Waals surface area contributed by atoms with Crippen LogP contribution in [-0.2, 0) is 4.79 Å². The van der Waals surface area contributed by atoms with E-state index in [1.54, 1.807) is 12.2 Å². The van der Waals surface area contributed by atoms with Gasteiger partial charge in [-0.05, 0) is 35.4 Å². The van der Waals surface area contributed by atoms with Crippen LogP contribution in [0.1, 0.15) is 5.56 Å². The van der Waals surface area contributed by atoms with Crippen LogP contribution in [0.4, 0.5) is 5.69 Å². The highest BCUT2D eigenvalue weighted by molar-refractivity contribution is 6.39. The number of hydrogen-bond donors (Lipinski definition) is 1. The van der Waals surface area contributed by atoms with E-state index >= 15 is 0 Å². The van der Waals surface area contributed by atoms with E-state index in [0.717, 1.165) is 5.71 Å². The van der Waals surface area contributed by atoms with Gasteiger partial charge in [0.15, 0.2) is 5.71 Å². The fourth-order valence-electron chi connectivity index (χ4n) is 2.61. The highest BCUT2D eigenvalue weighted by atomic mass is 16.6. The minimum absolute atomic E-state index is 0.0610. The lowest BCUT2D eigenvalue weighted by atomic mass is 9.80. The van der Waals surface area contributed by atoms with Crippen LogP contribution in [0.3, 0.4) is 0 Å². The summed E-state index contributed by atoms with van der Waals surface area (Å²) in [6, 6.07) is 5.56. The van der Waals surface area contributed by atoms with E-state index in [2.05, 4.69) is 0 Å². The maximum atomic E-state index is 12.4. The number of aliphatic hydroxyl groups excluding tert-OH is 1. The van der Waals surface area contributed by atoms with Gasteiger partial charge in [0.25, 0.3) is 5.69 Å². The van der Waals surface area contributed by atoms with Gasteiger partial charge in [-0.25, -0.2) is 4.58 Å². The molecule has 0 unspecified atom stereocenters. The van der Waals surface area contributed by atoms with Gasteiger partial charge in [-0.2, -0.15) is 0 Å². The van der Waals surface area contributed by atoms with Crippen molar-refractivity contribution >= 4 is 22.8 Å². The van der Waals surface area contributed by atoms with Gasteiger partial charge < -0.3 is 5.11 Å². The molecule has 0 saturated carbocycles. The van der Waals surface area contributed by atoms with E-state index in [-0.39, 0.29) is 28.4 Å². The molecule has 120 valence electrons. The molecule has 0 spiro atoms. The van der Waals surface area contributed by atoms with Crippen LogP contribution in [0.25, 0.3) is 5.57 Å². The molecule has 0 radical (unpaired) electrons. The van der Waals surface area contributed by atoms with Gasteiger partial charge in [-0.3, -0.25) is 14.9 Å². The highest BCUT2D eigenvalue weighted by Gasteiger charge is 2.36. The molecule has 0 fully saturated rings. The van der Waals surface area contributed by atoms with Crippen LogP contribution < -0.4 is 0 Å². The second-order valence-electron chi connectivity index (χ2n) is 5.67. The van der Waals surface area contributed by atoms with Crippen molar-refractivity contribution in [3.63, 3.8) is 0 Å². The van der Waals surface area contributed by atoms with Crippen molar-refractivity contribution in [1.82, 2.24) is 0 Å². The van der Waals surface area contributed by atoms with Crippen LogP contribution in [0.2, 0.25) is 0 Å². The number of aliphatic hydroxyl groups is 1. The number of nitro benzene ring substituents is 1. The maximum Gasteiger partial charge on any atom is 0.269 e. The summed E-state index contributed by atoms with van der Waals surface area (Å²) in [6.07, 6.45) is 7.30. The smallest absolute Gasteiger partial charge is 0.269 e. The number of carbonyl (C=O) groups excluding carboxylic acids is 1. The van der Waals surface area contributed by atoms with Crippen LogP contribution >= 0.6 is 0 Å². The third-order valence-electron chi connectivity index (χ3n) is 3.97. The Morgan fingerprint density at radius 3 is 2.00 bits per heavy atom. The number of hydrogen-bond acceptors (Lipinski definition) is 4. The Hall–Kier alpha value is -3.28. The summed E-state index contributed by atoms with van der Waals surface area (Å²) in [5, 5.41) is 21.0. The predicted molar refractivity (Wildman–Crippen MR) is 90.1 cm³/mol. The Morgan fingerprint density at radius 2 is 1.54 bits per heavy atom. The zero-order chi connectivity index (χ0) is 17.4. The van der Waals surface area contributed by atoms with Crippen molar-refractivity contribution < 1.29 is 19.4 Å². The second-order valence-corrected chi connectivity index (χ2v) is 5.67. The lowest BCUT2D eigenvalue weighted by molar-refractivity contribution is -0.462. The van der Waals surface area contributed by atoms with Crippen LogP contribution in [0.15, 0.2) is 65.5 Å². The molecule has 0 heterocycles. The molecule has 6 nitrogen and oxygen atoms in total. The summed E-state index contributed by atoms with van der Waals surface area (Å²) < 4.78 is 1.94. The van der Waals surface area contributed by atoms with Gasteiger partial charge in [-0.15, -0.1) is 0 Å². The third kappa shape index (κ3) is 2.48. The summed E-state index contributed by atoms with van der Waals surface area (Å²) in [5.41, 5.74) is 2.51. The minimum atomic E-state index is -0.509. The SMILES string of the molecule is C[N+](C)=C1C=CC(=C2C(=O)C(c3ccc([N+](=O)[O-])cc3)=C2O)C=C1. The van der Waals surface area contributed by atoms with E-state index < -0.39 is 4.92 Å². The number of Topliss-reactive ketones (excluding diaryl/α,β-unsaturated/α-hetero) is 1. The van der Waals surface area contributed by atoms with Crippen LogP contribution in [0.5, 0.6) is 0 Å². The molecular weight excluding hydrogens is 308 g/mol. The summed E-state index contributed by atoms with van der Waals surface area (Å²) in [6.45, 7) is 0. The van der Waals surface area contributed by atoms with E-state index in [9.17, 15) is 20.0 Å². The molecule has 0 aromatic heterocycles. The molecule has 0 aliphatic heterocycles. The number of benzene rings is 1. The Labute approximate surface area is 138 Å². The number of nitro groups is 1. The lowest BCUT2D eigenvalue weighted by Crippen LogP contribution is -2.23. The Bertz CT molecular complexity index is 891. The fourth-order valence-corrected chi connectivity index (χ4v) is 2.61. The molecule has 2 aliphatic rings. The standard InChI is InChI=1S/C18H14N2O4/c1-19(2)13-7-3-11(4-8-13)15-17(21)16(18(15)22)12-5-9-14(10-6-12)20(23)24/h3-10H,1-2H3/p+1. The normalized spacial score (nSPS) is 16.6. The first kappa shape index (κ1) is 15.6. The third-order valence-corrected chi connectivity index (χ3v) is 3.97. The van der Waals surface area contributed by atoms with Crippen LogP contribution in [-0.4, -0.2) is 40.2 Å². The first-order chi connectivity index (χ1) is 11.4. The monoisotopic (exact) mass is 323 g/mol. The fraction of sp³-hybridized carbons (Fsp3) is 0.111. The van der Waals surface area contributed by atoms with Crippen molar-refractivity contribution in [3.8, 4) is 0 Å². The average molecular weight is 323 g/mol. The molecule has 6 heteroatoms. The molecule has 3 rings (SSSR count). The molecule has 2 aliphatic carbocycles. The van der Waals surface area contributed by atoms with Crippen molar-refractivity contribution in [1.29, 1.82) is 0 Å². The first-order valence-corrected chi connectivity index (χ1v) is 7.28. The quantitative estimate of drug-likeness (QED) is 0.392. The molecule has 0 saturated heterocycles. The molecule has 1 aromatic rings. The first-order valence-electron chi connectivity index (χ1n) is 7.28. The number of nitrogens with zero attached hydrogens (tertiary/aromatic N) is 2. The summed E-state index contributed by atoms with van der Waals surface area (Å²) >= 11 is 0. The number of carbonyl (C=O) groups is 1. The highest BCUT2D eigenvalue weighted by Crippen LogP contribution is 2.39. The van der Waals surface area contributed by atoms with Gasteiger partial charge in [-0.1, -0.05) is 0 Å². The van der Waals surface area contributed by atoms with Crippen molar-refractivity contribution in [2.45, 2.75) is 0 Å². The van der Waals surface area contributed by atoms with Gasteiger partial charge in [0.2, 0.25) is 5.78 Å². The molecule has 1 aromatic carbocycles. The molecule has 0 bridgehead atoms. The molecular formula is C18H15N2O4+. The largest absolute Gasteiger partial charge is 0.506 e. The van der Waals surface area contributed by atoms with Gasteiger partial charge in [0.05, 0.1) is 16.1 Å². The Kier molecular flexibility index (Phi) is 3.73. The van der Waals surface area contributed by atoms with Crippen molar-refractivity contribution in [2.75, 3.05) is 14.1 Å². The zero-order valence-electron chi connectivity index (χ0n) is 13.2. The van der Waals surface area contributed by atoms with Crippen LogP contribution in [0, 0.1) is 10.1 Å².